The molecule has 508 valence electrons. The molecular formula is C69H102N8O15. The van der Waals surface area contributed by atoms with Crippen LogP contribution in [0.25, 0.3) is 0 Å². The molecule has 6 heterocycles. The predicted molar refractivity (Wildman–Crippen MR) is 345 cm³/mol. The van der Waals surface area contributed by atoms with Gasteiger partial charge in [-0.05, 0) is 119 Å². The number of cyclic esters (lactones) is 1. The fourth-order valence-corrected chi connectivity index (χ4v) is 13.6. The number of piperidine rings is 1. The van der Waals surface area contributed by atoms with E-state index in [1.54, 1.807) is 54.6 Å². The number of piperazine rings is 1. The van der Waals surface area contributed by atoms with Crippen LogP contribution in [0.5, 0.6) is 0 Å². The number of nitrogens with zero attached hydrogens (tertiary/aromatic N) is 7. The van der Waals surface area contributed by atoms with E-state index in [-0.39, 0.29) is 67.1 Å². The number of hydrogen-bond donors (Lipinski definition) is 3. The van der Waals surface area contributed by atoms with Crippen LogP contribution in [0.3, 0.4) is 0 Å². The van der Waals surface area contributed by atoms with E-state index < -0.39 is 90.2 Å². The van der Waals surface area contributed by atoms with Crippen LogP contribution in [0.4, 0.5) is 11.9 Å². The number of nitrogens with one attached hydrogen (secondary N) is 1. The number of aromatic nitrogens is 4. The van der Waals surface area contributed by atoms with E-state index >= 15 is 0 Å². The van der Waals surface area contributed by atoms with Gasteiger partial charge in [0.1, 0.15) is 30.5 Å². The fraction of sp³-hybridized carbons (Fsp3) is 0.681. The molecule has 4 fully saturated rings. The molecule has 0 spiro atoms. The zero-order valence-corrected chi connectivity index (χ0v) is 56.2. The Morgan fingerprint density at radius 2 is 1.41 bits per heavy atom. The van der Waals surface area contributed by atoms with Gasteiger partial charge in [-0.1, -0.05) is 71.1 Å². The van der Waals surface area contributed by atoms with Crippen molar-refractivity contribution < 1.29 is 72.1 Å². The number of Topliss-reactive ketones (excluding diaryl/α,β-unsaturated/α-hetero) is 2. The van der Waals surface area contributed by atoms with E-state index in [0.29, 0.717) is 120 Å². The molecule has 2 aromatic heterocycles. The number of carbonyl (C=O) groups is 6. The van der Waals surface area contributed by atoms with Crippen LogP contribution < -0.4 is 15.1 Å². The van der Waals surface area contributed by atoms with E-state index in [0.717, 1.165) is 11.1 Å². The quantitative estimate of drug-likeness (QED) is 0.0968. The van der Waals surface area contributed by atoms with Crippen LogP contribution in [-0.4, -0.2) is 199 Å². The number of aliphatic hydroxyl groups excluding tert-OH is 1. The maximum Gasteiger partial charge on any atom is 0.329 e. The second kappa shape index (κ2) is 34.7. The molecule has 0 radical (unpaired) electrons. The van der Waals surface area contributed by atoms with Gasteiger partial charge in [-0.15, -0.1) is 0 Å². The third-order valence-corrected chi connectivity index (χ3v) is 19.5. The van der Waals surface area contributed by atoms with Gasteiger partial charge < -0.3 is 63.4 Å². The first-order valence-electron chi connectivity index (χ1n) is 33.1. The number of amides is 2. The van der Waals surface area contributed by atoms with Crippen LogP contribution >= 0.6 is 0 Å². The first-order valence-corrected chi connectivity index (χ1v) is 33.1. The van der Waals surface area contributed by atoms with Crippen LogP contribution in [0.2, 0.25) is 0 Å². The van der Waals surface area contributed by atoms with Crippen molar-refractivity contribution in [2.45, 2.75) is 199 Å². The van der Waals surface area contributed by atoms with Crippen molar-refractivity contribution in [3.63, 3.8) is 0 Å². The lowest BCUT2D eigenvalue weighted by Crippen LogP contribution is -2.61. The summed E-state index contributed by atoms with van der Waals surface area (Å²) in [5.41, 5.74) is 2.57. The number of rotatable bonds is 14. The minimum atomic E-state index is -2.45. The number of aryl methyl sites for hydroxylation is 1. The third-order valence-electron chi connectivity index (χ3n) is 19.5. The first kappa shape index (κ1) is 73.1. The van der Waals surface area contributed by atoms with Crippen molar-refractivity contribution in [3.05, 3.63) is 83.5 Å². The summed E-state index contributed by atoms with van der Waals surface area (Å²) < 4.78 is 42.7. The van der Waals surface area contributed by atoms with E-state index in [1.807, 2.05) is 76.0 Å². The third kappa shape index (κ3) is 19.2. The lowest BCUT2D eigenvalue weighted by Gasteiger charge is -2.43. The van der Waals surface area contributed by atoms with Crippen molar-refractivity contribution in [1.82, 2.24) is 30.2 Å². The second-order valence-electron chi connectivity index (χ2n) is 26.2. The maximum absolute atomic E-state index is 14.9. The number of methoxy groups -OCH3 is 4. The standard InChI is InChI=1S/C69H102N8O15/c1-42-18-14-13-15-19-43(2)55(86-9)36-52-24-21-48(7)69(85,92-52)63(81)65(83)77-27-17-16-20-53(77)66(84)91-57(37-56(87-10)44(3)33-47(6)61(80)62(89-12)60(79)46(5)32-42)45(4)34-49-22-25-54(58(35-49)88-11)90-59(78)26-23-50-38-71-67(72-39-50)75-28-30-76(31-29-75)68-73-40-51(41-74-68)64(82)70-8/h13-15,18-19,33,38-42,44-46,48-49,52-58,61-62,80,85H,16-17,20-32,34-37H2,1-12H3,(H,70,82)/b15-13+,18-14+,43-19+,47-33+/t42-,44-,45-,46-,48-,49+,52+,53+,54-,55+,56-,57+,58-,61-,62+,69-/m1/s1. The molecule has 2 amide bonds. The Morgan fingerprint density at radius 3 is 2.04 bits per heavy atom. The minimum Gasteiger partial charge on any atom is -0.460 e. The number of allylic oxidation sites excluding steroid dienone is 5. The molecule has 92 heavy (non-hydrogen) atoms. The van der Waals surface area contributed by atoms with Crippen molar-refractivity contribution in [1.29, 1.82) is 0 Å². The second-order valence-corrected chi connectivity index (χ2v) is 26.2. The smallest absolute Gasteiger partial charge is 0.329 e. The Bertz CT molecular complexity index is 2900. The van der Waals surface area contributed by atoms with Gasteiger partial charge in [0.25, 0.3) is 17.6 Å². The summed E-state index contributed by atoms with van der Waals surface area (Å²) in [7, 11) is 7.74. The summed E-state index contributed by atoms with van der Waals surface area (Å²) in [6, 6.07) is -1.13. The fourth-order valence-electron chi connectivity index (χ4n) is 13.6. The van der Waals surface area contributed by atoms with E-state index in [4.69, 9.17) is 33.2 Å². The lowest BCUT2D eigenvalue weighted by molar-refractivity contribution is -0.265. The molecule has 0 unspecified atom stereocenters. The Hall–Kier alpha value is -6.34. The molecule has 4 aliphatic heterocycles. The summed E-state index contributed by atoms with van der Waals surface area (Å²) in [5.74, 6) is -6.70. The van der Waals surface area contributed by atoms with Crippen molar-refractivity contribution in [2.75, 3.05) is 78.0 Å². The summed E-state index contributed by atoms with van der Waals surface area (Å²) in [4.78, 5) is 107. The van der Waals surface area contributed by atoms with E-state index in [9.17, 15) is 39.0 Å². The predicted octanol–water partition coefficient (Wildman–Crippen LogP) is 7.08. The SMILES string of the molecule is CNC(=O)c1cnc(N2CCN(c3ncc(CCC(=O)O[C@@H]4CC[C@@H](C[C@@H](C)[C@@H]5C[C@@H](OC)[C@H](C)/C=C(\C)[C@@H](O)[C@@H](OC)C(=O)[C@H](C)C[C@H](C)/C=C/C=C/C=C(\C)[C@@H](OC)C[C@@H]6CC[C@@H](C)[C@@](O)(O6)C(=O)C(=O)N6CCCC[C@H]6C(=O)O5)C[C@H]4OC)cn3)CC2)nc1. The molecule has 16 atom stereocenters. The molecule has 3 saturated heterocycles. The molecule has 3 N–H and O–H groups in total. The van der Waals surface area contributed by atoms with E-state index in [1.165, 1.54) is 24.4 Å². The lowest BCUT2D eigenvalue weighted by atomic mass is 9.78. The van der Waals surface area contributed by atoms with Gasteiger partial charge in [0.05, 0.1) is 30.0 Å². The summed E-state index contributed by atoms with van der Waals surface area (Å²) in [6.45, 7) is 15.8. The minimum absolute atomic E-state index is 0.0171. The molecule has 2 aromatic rings. The highest BCUT2D eigenvalue weighted by Gasteiger charge is 2.53. The van der Waals surface area contributed by atoms with Gasteiger partial charge in [0.15, 0.2) is 5.78 Å². The van der Waals surface area contributed by atoms with Gasteiger partial charge >= 0.3 is 11.9 Å². The Morgan fingerprint density at radius 1 is 0.750 bits per heavy atom. The molecule has 23 heteroatoms. The molecule has 5 aliphatic rings. The normalized spacial score (nSPS) is 33.7. The number of hydrogen-bond acceptors (Lipinski definition) is 21. The Labute approximate surface area is 543 Å². The highest BCUT2D eigenvalue weighted by Crippen LogP contribution is 2.39. The molecule has 1 saturated carbocycles. The first-order chi connectivity index (χ1) is 44.0. The topological polar surface area (TPSA) is 281 Å². The number of carbonyl (C=O) groups excluding carboxylic acids is 6. The molecule has 2 bridgehead atoms. The van der Waals surface area contributed by atoms with Crippen LogP contribution in [-0.2, 0) is 63.6 Å². The molecule has 1 aliphatic carbocycles. The summed E-state index contributed by atoms with van der Waals surface area (Å²) in [6.07, 6.45) is 18.5. The van der Waals surface area contributed by atoms with Gasteiger partial charge in [0, 0.05) is 130 Å². The molecule has 0 aromatic carbocycles. The number of anilines is 2. The average molecular weight is 1280 g/mol. The molecule has 23 nitrogen and oxygen atoms in total. The number of ether oxygens (including phenoxy) is 7. The van der Waals surface area contributed by atoms with Gasteiger partial charge in [-0.3, -0.25) is 24.0 Å². The van der Waals surface area contributed by atoms with Gasteiger partial charge in [-0.25, -0.2) is 24.7 Å². The summed E-state index contributed by atoms with van der Waals surface area (Å²) in [5, 5.41) is 26.5. The monoisotopic (exact) mass is 1280 g/mol. The molecule has 7 rings (SSSR count). The van der Waals surface area contributed by atoms with Gasteiger partial charge in [0.2, 0.25) is 17.7 Å². The van der Waals surface area contributed by atoms with Crippen molar-refractivity contribution in [3.8, 4) is 0 Å². The number of esters is 2. The Kier molecular flexibility index (Phi) is 27.6. The number of fused-ring (bicyclic) bond motifs is 3. The number of ketones is 2. The zero-order valence-electron chi connectivity index (χ0n) is 56.2. The summed E-state index contributed by atoms with van der Waals surface area (Å²) >= 11 is 0. The average Bonchev–Trinajstić information content (AvgIpc) is 0.907. The van der Waals surface area contributed by atoms with Crippen LogP contribution in [0.15, 0.2) is 72.4 Å². The van der Waals surface area contributed by atoms with Crippen LogP contribution in [0, 0.1) is 35.5 Å². The Balaban J connectivity index is 1.04. The van der Waals surface area contributed by atoms with Crippen molar-refractivity contribution in [2.24, 2.45) is 35.5 Å². The highest BCUT2D eigenvalue weighted by molar-refractivity contribution is 6.39. The van der Waals surface area contributed by atoms with Crippen LogP contribution in [0.1, 0.15) is 148 Å². The van der Waals surface area contributed by atoms with Gasteiger partial charge in [-0.2, -0.15) is 0 Å². The number of aliphatic hydroxyl groups is 2. The largest absolute Gasteiger partial charge is 0.460 e. The maximum atomic E-state index is 14.9. The molecular weight excluding hydrogens is 1180 g/mol. The van der Waals surface area contributed by atoms with Crippen molar-refractivity contribution >= 4 is 47.2 Å². The highest BCUT2D eigenvalue weighted by atomic mass is 16.6. The zero-order chi connectivity index (χ0) is 66.8. The van der Waals surface area contributed by atoms with E-state index in [2.05, 4.69) is 30.2 Å².